The minimum atomic E-state index is -3.94. The van der Waals surface area contributed by atoms with E-state index in [4.69, 9.17) is 16.3 Å². The molecule has 0 aliphatic heterocycles. The lowest BCUT2D eigenvalue weighted by atomic mass is 9.95. The minimum absolute atomic E-state index is 0.0443. The average Bonchev–Trinajstić information content (AvgIpc) is 2.79. The molecule has 0 aromatic heterocycles. The van der Waals surface area contributed by atoms with Crippen molar-refractivity contribution in [3.8, 4) is 0 Å². The first-order valence-corrected chi connectivity index (χ1v) is 12.4. The van der Waals surface area contributed by atoms with E-state index in [0.29, 0.717) is 10.7 Å². The molecular weight excluding hydrogens is 452 g/mol. The smallest absolute Gasteiger partial charge is 0.338 e. The molecule has 0 unspecified atom stereocenters. The van der Waals surface area contributed by atoms with Crippen molar-refractivity contribution in [3.05, 3.63) is 59.1 Å². The number of hydrogen-bond donors (Lipinski definition) is 1. The Kier molecular flexibility index (Phi) is 7.79. The van der Waals surface area contributed by atoms with E-state index in [9.17, 15) is 18.0 Å². The summed E-state index contributed by atoms with van der Waals surface area (Å²) in [6.45, 7) is 1.50. The normalized spacial score (nSPS) is 15.6. The molecular formula is C23H27ClN2O5S. The summed E-state index contributed by atoms with van der Waals surface area (Å²) < 4.78 is 32.5. The summed E-state index contributed by atoms with van der Waals surface area (Å²) in [6.07, 6.45) is 4.18. The number of hydrogen-bond acceptors (Lipinski definition) is 5. The van der Waals surface area contributed by atoms with Crippen molar-refractivity contribution in [1.82, 2.24) is 5.32 Å². The van der Waals surface area contributed by atoms with E-state index in [1.807, 2.05) is 0 Å². The van der Waals surface area contributed by atoms with Gasteiger partial charge >= 0.3 is 5.97 Å². The molecule has 2 aromatic rings. The number of sulfonamides is 1. The van der Waals surface area contributed by atoms with Gasteiger partial charge in [0.05, 0.1) is 16.1 Å². The van der Waals surface area contributed by atoms with E-state index in [0.717, 1.165) is 30.0 Å². The maximum Gasteiger partial charge on any atom is 0.338 e. The van der Waals surface area contributed by atoms with Gasteiger partial charge in [-0.2, -0.15) is 0 Å². The van der Waals surface area contributed by atoms with Crippen LogP contribution in [0.1, 0.15) is 49.4 Å². The predicted octanol–water partition coefficient (Wildman–Crippen LogP) is 4.16. The molecule has 1 N–H and O–H groups in total. The Morgan fingerprint density at radius 1 is 1.09 bits per heavy atom. The summed E-state index contributed by atoms with van der Waals surface area (Å²) in [6, 6.07) is 12.1. The second-order valence-electron chi connectivity index (χ2n) is 7.87. The highest BCUT2D eigenvalue weighted by Gasteiger charge is 2.25. The highest BCUT2D eigenvalue weighted by molar-refractivity contribution is 7.92. The number of anilines is 1. The van der Waals surface area contributed by atoms with Gasteiger partial charge in [0.1, 0.15) is 0 Å². The van der Waals surface area contributed by atoms with Gasteiger partial charge in [0, 0.05) is 18.1 Å². The molecule has 1 fully saturated rings. The molecule has 2 aromatic carbocycles. The molecule has 0 heterocycles. The summed E-state index contributed by atoms with van der Waals surface area (Å²) in [5.74, 6) is -1.12. The molecule has 1 saturated carbocycles. The number of ether oxygens (including phenoxy) is 1. The molecule has 0 spiro atoms. The first-order valence-electron chi connectivity index (χ1n) is 10.5. The third kappa shape index (κ3) is 5.81. The van der Waals surface area contributed by atoms with Crippen molar-refractivity contribution in [1.29, 1.82) is 0 Å². The van der Waals surface area contributed by atoms with Gasteiger partial charge < -0.3 is 10.1 Å². The van der Waals surface area contributed by atoms with Crippen LogP contribution >= 0.6 is 11.6 Å². The standard InChI is InChI=1S/C23H27ClN2O5S/c1-16(22(27)25-19-10-4-3-5-11-19)31-23(28)17-8-6-13-21(14-17)32(29,30)26(2)20-12-7-9-18(24)15-20/h6-9,12-16,19H,3-5,10-11H2,1-2H3,(H,25,27)/t16-/m1/s1. The van der Waals surface area contributed by atoms with Gasteiger partial charge in [-0.05, 0) is 56.2 Å². The molecule has 1 aliphatic rings. The van der Waals surface area contributed by atoms with Crippen LogP contribution in [-0.2, 0) is 19.6 Å². The summed E-state index contributed by atoms with van der Waals surface area (Å²) in [5.41, 5.74) is 0.432. The minimum Gasteiger partial charge on any atom is -0.449 e. The number of amides is 1. The van der Waals surface area contributed by atoms with Crippen molar-refractivity contribution in [3.63, 3.8) is 0 Å². The summed E-state index contributed by atoms with van der Waals surface area (Å²) >= 11 is 5.97. The number of carbonyl (C=O) groups is 2. The zero-order valence-corrected chi connectivity index (χ0v) is 19.7. The number of rotatable bonds is 7. The molecule has 1 aliphatic carbocycles. The Hall–Kier alpha value is -2.58. The SMILES string of the molecule is C[C@@H](OC(=O)c1cccc(S(=O)(=O)N(C)c2cccc(Cl)c2)c1)C(=O)NC1CCCCC1. The van der Waals surface area contributed by atoms with Crippen LogP contribution in [0, 0.1) is 0 Å². The highest BCUT2D eigenvalue weighted by Crippen LogP contribution is 2.25. The van der Waals surface area contributed by atoms with Crippen LogP contribution < -0.4 is 9.62 Å². The van der Waals surface area contributed by atoms with Crippen molar-refractivity contribution in [2.75, 3.05) is 11.4 Å². The van der Waals surface area contributed by atoms with Crippen LogP contribution in [0.2, 0.25) is 5.02 Å². The molecule has 1 atom stereocenters. The molecule has 0 radical (unpaired) electrons. The van der Waals surface area contributed by atoms with E-state index in [1.54, 1.807) is 18.2 Å². The van der Waals surface area contributed by atoms with Gasteiger partial charge in [0.15, 0.2) is 6.10 Å². The van der Waals surface area contributed by atoms with Crippen LogP contribution in [-0.4, -0.2) is 39.5 Å². The average molecular weight is 479 g/mol. The second kappa shape index (κ2) is 10.4. The van der Waals surface area contributed by atoms with Gasteiger partial charge in [-0.3, -0.25) is 9.10 Å². The Morgan fingerprint density at radius 2 is 1.78 bits per heavy atom. The first-order chi connectivity index (χ1) is 15.2. The van der Waals surface area contributed by atoms with Crippen LogP contribution in [0.3, 0.4) is 0 Å². The number of nitrogens with zero attached hydrogens (tertiary/aromatic N) is 1. The van der Waals surface area contributed by atoms with Gasteiger partial charge in [-0.25, -0.2) is 13.2 Å². The van der Waals surface area contributed by atoms with Gasteiger partial charge in [-0.15, -0.1) is 0 Å². The first kappa shape index (κ1) is 24.1. The second-order valence-corrected chi connectivity index (χ2v) is 10.3. The zero-order chi connectivity index (χ0) is 23.3. The molecule has 172 valence electrons. The quantitative estimate of drug-likeness (QED) is 0.603. The number of nitrogens with one attached hydrogen (secondary N) is 1. The fourth-order valence-electron chi connectivity index (χ4n) is 3.60. The topological polar surface area (TPSA) is 92.8 Å². The van der Waals surface area contributed by atoms with Crippen LogP contribution in [0.4, 0.5) is 5.69 Å². The van der Waals surface area contributed by atoms with Crippen LogP contribution in [0.15, 0.2) is 53.4 Å². The predicted molar refractivity (Wildman–Crippen MR) is 123 cm³/mol. The summed E-state index contributed by atoms with van der Waals surface area (Å²) in [4.78, 5) is 24.9. The zero-order valence-electron chi connectivity index (χ0n) is 18.1. The molecule has 3 rings (SSSR count). The fraction of sp³-hybridized carbons (Fsp3) is 0.391. The highest BCUT2D eigenvalue weighted by atomic mass is 35.5. The number of halogens is 1. The van der Waals surface area contributed by atoms with E-state index in [-0.39, 0.29) is 22.4 Å². The van der Waals surface area contributed by atoms with Gasteiger partial charge in [0.25, 0.3) is 15.9 Å². The van der Waals surface area contributed by atoms with Crippen molar-refractivity contribution in [2.24, 2.45) is 0 Å². The van der Waals surface area contributed by atoms with E-state index in [1.165, 1.54) is 50.7 Å². The number of esters is 1. The van der Waals surface area contributed by atoms with Gasteiger partial charge in [0.2, 0.25) is 0 Å². The van der Waals surface area contributed by atoms with Crippen molar-refractivity contribution < 1.29 is 22.7 Å². The van der Waals surface area contributed by atoms with E-state index >= 15 is 0 Å². The Bertz CT molecular complexity index is 1080. The molecule has 9 heteroatoms. The molecule has 1 amide bonds. The number of carbonyl (C=O) groups excluding carboxylic acids is 2. The molecule has 7 nitrogen and oxygen atoms in total. The van der Waals surface area contributed by atoms with E-state index < -0.39 is 22.1 Å². The Labute approximate surface area is 193 Å². The lowest BCUT2D eigenvalue weighted by Crippen LogP contribution is -2.42. The largest absolute Gasteiger partial charge is 0.449 e. The maximum atomic E-state index is 13.0. The Balaban J connectivity index is 1.70. The van der Waals surface area contributed by atoms with E-state index in [2.05, 4.69) is 5.32 Å². The molecule has 0 saturated heterocycles. The lowest BCUT2D eigenvalue weighted by molar-refractivity contribution is -0.130. The third-order valence-electron chi connectivity index (χ3n) is 5.50. The molecule has 32 heavy (non-hydrogen) atoms. The maximum absolute atomic E-state index is 13.0. The fourth-order valence-corrected chi connectivity index (χ4v) is 5.02. The number of benzene rings is 2. The van der Waals surface area contributed by atoms with Crippen LogP contribution in [0.5, 0.6) is 0 Å². The Morgan fingerprint density at radius 3 is 2.47 bits per heavy atom. The summed E-state index contributed by atoms with van der Waals surface area (Å²) in [5, 5.41) is 3.32. The molecule has 0 bridgehead atoms. The van der Waals surface area contributed by atoms with Crippen molar-refractivity contribution in [2.45, 2.75) is 56.1 Å². The van der Waals surface area contributed by atoms with Crippen molar-refractivity contribution >= 4 is 39.2 Å². The summed E-state index contributed by atoms with van der Waals surface area (Å²) in [7, 11) is -2.53. The lowest BCUT2D eigenvalue weighted by Gasteiger charge is -2.24. The third-order valence-corrected chi connectivity index (χ3v) is 7.52. The van der Waals surface area contributed by atoms with Gasteiger partial charge in [-0.1, -0.05) is 43.0 Å². The van der Waals surface area contributed by atoms with Crippen LogP contribution in [0.25, 0.3) is 0 Å². The monoisotopic (exact) mass is 478 g/mol.